The van der Waals surface area contributed by atoms with E-state index in [1.807, 2.05) is 59.1 Å². The molecule has 0 saturated carbocycles. The van der Waals surface area contributed by atoms with Gasteiger partial charge in [0.2, 0.25) is 0 Å². The predicted octanol–water partition coefficient (Wildman–Crippen LogP) is 2.68. The van der Waals surface area contributed by atoms with Gasteiger partial charge >= 0.3 is 6.09 Å². The third kappa shape index (κ3) is 8.19. The zero-order chi connectivity index (χ0) is 15.9. The maximum absolute atomic E-state index is 11.6. The molecule has 0 saturated heterocycles. The average Bonchev–Trinajstić information content (AvgIpc) is 2.34. The molecule has 0 spiro atoms. The van der Waals surface area contributed by atoms with Crippen LogP contribution in [0.25, 0.3) is 0 Å². The first kappa shape index (κ1) is 17.3. The lowest BCUT2D eigenvalue weighted by molar-refractivity contribution is 0.0523. The van der Waals surface area contributed by atoms with Crippen LogP contribution in [0.4, 0.5) is 10.5 Å². The Bertz CT molecular complexity index is 453. The van der Waals surface area contributed by atoms with E-state index in [0.717, 1.165) is 24.3 Å². The highest BCUT2D eigenvalue weighted by molar-refractivity contribution is 5.67. The van der Waals surface area contributed by atoms with Crippen LogP contribution in [0.1, 0.15) is 26.3 Å². The highest BCUT2D eigenvalue weighted by Gasteiger charge is 2.15. The smallest absolute Gasteiger partial charge is 0.407 e. The number of nitrogens with zero attached hydrogens (tertiary/aromatic N) is 1. The van der Waals surface area contributed by atoms with E-state index in [9.17, 15) is 4.79 Å². The van der Waals surface area contributed by atoms with Crippen molar-refractivity contribution in [3.63, 3.8) is 0 Å². The maximum Gasteiger partial charge on any atom is 0.407 e. The molecular formula is C16H27N3O2. The third-order valence-electron chi connectivity index (χ3n) is 2.65. The highest BCUT2D eigenvalue weighted by atomic mass is 16.6. The van der Waals surface area contributed by atoms with E-state index in [1.54, 1.807) is 0 Å². The Morgan fingerprint density at radius 3 is 2.62 bits per heavy atom. The normalized spacial score (nSPS) is 11.3. The maximum atomic E-state index is 11.6. The molecule has 1 amide bonds. The van der Waals surface area contributed by atoms with Crippen LogP contribution in [-0.4, -0.2) is 43.8 Å². The largest absolute Gasteiger partial charge is 0.444 e. The monoisotopic (exact) mass is 293 g/mol. The first-order valence-electron chi connectivity index (χ1n) is 7.21. The van der Waals surface area contributed by atoms with Crippen molar-refractivity contribution in [3.8, 4) is 0 Å². The quantitative estimate of drug-likeness (QED) is 0.846. The molecule has 1 aromatic carbocycles. The van der Waals surface area contributed by atoms with Gasteiger partial charge in [0, 0.05) is 25.3 Å². The van der Waals surface area contributed by atoms with Gasteiger partial charge in [-0.2, -0.15) is 0 Å². The summed E-state index contributed by atoms with van der Waals surface area (Å²) in [4.78, 5) is 13.7. The first-order valence-corrected chi connectivity index (χ1v) is 7.21. The molecule has 0 aromatic heterocycles. The van der Waals surface area contributed by atoms with Gasteiger partial charge in [-0.15, -0.1) is 0 Å². The lowest BCUT2D eigenvalue weighted by Gasteiger charge is -2.19. The van der Waals surface area contributed by atoms with Gasteiger partial charge in [0.05, 0.1) is 0 Å². The molecule has 0 heterocycles. The van der Waals surface area contributed by atoms with Crippen molar-refractivity contribution in [2.45, 2.75) is 32.9 Å². The van der Waals surface area contributed by atoms with E-state index in [-0.39, 0.29) is 0 Å². The standard InChI is InChI=1S/C16H27N3O2/c1-16(2,3)21-15(20)18-12-13-7-6-8-14(11-13)17-9-10-19(4)5/h6-8,11,17H,9-10,12H2,1-5H3,(H,18,20). The minimum Gasteiger partial charge on any atom is -0.444 e. The summed E-state index contributed by atoms with van der Waals surface area (Å²) in [6, 6.07) is 8.01. The van der Waals surface area contributed by atoms with Crippen LogP contribution in [0.2, 0.25) is 0 Å². The number of amides is 1. The van der Waals surface area contributed by atoms with Gasteiger partial charge in [-0.25, -0.2) is 4.79 Å². The van der Waals surface area contributed by atoms with Crippen LogP contribution in [0.3, 0.4) is 0 Å². The van der Waals surface area contributed by atoms with Crippen LogP contribution in [0.5, 0.6) is 0 Å². The summed E-state index contributed by atoms with van der Waals surface area (Å²) in [7, 11) is 4.09. The molecule has 21 heavy (non-hydrogen) atoms. The van der Waals surface area contributed by atoms with Crippen molar-refractivity contribution in [3.05, 3.63) is 29.8 Å². The zero-order valence-corrected chi connectivity index (χ0v) is 13.7. The fourth-order valence-corrected chi connectivity index (χ4v) is 1.70. The summed E-state index contributed by atoms with van der Waals surface area (Å²) in [5.41, 5.74) is 1.62. The number of alkyl carbamates (subject to hydrolysis) is 1. The summed E-state index contributed by atoms with van der Waals surface area (Å²) >= 11 is 0. The van der Waals surface area contributed by atoms with E-state index in [4.69, 9.17) is 4.74 Å². The van der Waals surface area contributed by atoms with Gasteiger partial charge in [0.15, 0.2) is 0 Å². The Morgan fingerprint density at radius 2 is 2.00 bits per heavy atom. The molecule has 0 aliphatic carbocycles. The van der Waals surface area contributed by atoms with E-state index in [2.05, 4.69) is 15.5 Å². The van der Waals surface area contributed by atoms with Crippen LogP contribution < -0.4 is 10.6 Å². The third-order valence-corrected chi connectivity index (χ3v) is 2.65. The van der Waals surface area contributed by atoms with E-state index in [0.29, 0.717) is 6.54 Å². The van der Waals surface area contributed by atoms with Crippen molar-refractivity contribution >= 4 is 11.8 Å². The van der Waals surface area contributed by atoms with Gasteiger partial charge in [-0.3, -0.25) is 0 Å². The first-order chi connectivity index (χ1) is 9.76. The van der Waals surface area contributed by atoms with Crippen LogP contribution in [0, 0.1) is 0 Å². The molecule has 0 aliphatic heterocycles. The summed E-state index contributed by atoms with van der Waals surface area (Å²) in [5.74, 6) is 0. The van der Waals surface area contributed by atoms with E-state index >= 15 is 0 Å². The van der Waals surface area contributed by atoms with Crippen molar-refractivity contribution in [1.29, 1.82) is 0 Å². The molecule has 0 aliphatic rings. The second-order valence-corrected chi connectivity index (χ2v) is 6.29. The molecule has 0 radical (unpaired) electrons. The Balaban J connectivity index is 2.43. The fraction of sp³-hybridized carbons (Fsp3) is 0.562. The van der Waals surface area contributed by atoms with Gasteiger partial charge < -0.3 is 20.3 Å². The Hall–Kier alpha value is -1.75. The number of anilines is 1. The minimum absolute atomic E-state index is 0.395. The molecule has 0 unspecified atom stereocenters. The van der Waals surface area contributed by atoms with Crippen LogP contribution in [0.15, 0.2) is 24.3 Å². The Labute approximate surface area is 127 Å². The number of carbonyl (C=O) groups is 1. The van der Waals surface area contributed by atoms with Gasteiger partial charge in [0.1, 0.15) is 5.60 Å². The van der Waals surface area contributed by atoms with Crippen LogP contribution >= 0.6 is 0 Å². The molecule has 2 N–H and O–H groups in total. The number of benzene rings is 1. The zero-order valence-electron chi connectivity index (χ0n) is 13.7. The number of ether oxygens (including phenoxy) is 1. The molecule has 1 rings (SSSR count). The van der Waals surface area contributed by atoms with Crippen molar-refractivity contribution in [2.24, 2.45) is 0 Å². The second-order valence-electron chi connectivity index (χ2n) is 6.29. The number of hydrogen-bond acceptors (Lipinski definition) is 4. The number of hydrogen-bond donors (Lipinski definition) is 2. The van der Waals surface area contributed by atoms with Gasteiger partial charge in [0.25, 0.3) is 0 Å². The molecule has 5 nitrogen and oxygen atoms in total. The van der Waals surface area contributed by atoms with Crippen molar-refractivity contribution in [1.82, 2.24) is 10.2 Å². The average molecular weight is 293 g/mol. The van der Waals surface area contributed by atoms with Gasteiger partial charge in [-0.05, 0) is 52.6 Å². The highest BCUT2D eigenvalue weighted by Crippen LogP contribution is 2.11. The van der Waals surface area contributed by atoms with Crippen molar-refractivity contribution < 1.29 is 9.53 Å². The number of likely N-dealkylation sites (N-methyl/N-ethyl adjacent to an activating group) is 1. The summed E-state index contributed by atoms with van der Waals surface area (Å²) in [5, 5.41) is 6.12. The molecule has 0 fully saturated rings. The van der Waals surface area contributed by atoms with E-state index in [1.165, 1.54) is 0 Å². The molecule has 0 atom stereocenters. The lowest BCUT2D eigenvalue weighted by atomic mass is 10.2. The molecule has 118 valence electrons. The lowest BCUT2D eigenvalue weighted by Crippen LogP contribution is -2.32. The summed E-state index contributed by atoms with van der Waals surface area (Å²) in [6.45, 7) is 7.86. The van der Waals surface area contributed by atoms with Gasteiger partial charge in [-0.1, -0.05) is 12.1 Å². The Kier molecular flexibility index (Phi) is 6.49. The number of rotatable bonds is 6. The molecule has 0 bridgehead atoms. The van der Waals surface area contributed by atoms with Crippen LogP contribution in [-0.2, 0) is 11.3 Å². The summed E-state index contributed by atoms with van der Waals surface area (Å²) < 4.78 is 5.21. The van der Waals surface area contributed by atoms with E-state index < -0.39 is 11.7 Å². The summed E-state index contributed by atoms with van der Waals surface area (Å²) in [6.07, 6.45) is -0.395. The SMILES string of the molecule is CN(C)CCNc1cccc(CNC(=O)OC(C)(C)C)c1. The predicted molar refractivity (Wildman–Crippen MR) is 86.6 cm³/mol. The molecule has 5 heteroatoms. The second kappa shape index (κ2) is 7.88. The van der Waals surface area contributed by atoms with Crippen molar-refractivity contribution in [2.75, 3.05) is 32.5 Å². The Morgan fingerprint density at radius 1 is 1.29 bits per heavy atom. The fourth-order valence-electron chi connectivity index (χ4n) is 1.70. The number of carbonyl (C=O) groups excluding carboxylic acids is 1. The number of nitrogens with one attached hydrogen (secondary N) is 2. The molecule has 1 aromatic rings. The topological polar surface area (TPSA) is 53.6 Å². The minimum atomic E-state index is -0.473. The molecular weight excluding hydrogens is 266 g/mol.